The first-order valence-corrected chi connectivity index (χ1v) is 11.6. The fraction of sp³-hybridized carbons (Fsp3) is 0.615. The molecule has 1 aliphatic carbocycles. The number of aliphatic hydroxyl groups is 1. The standard InChI is InChI=1S/C26H37N3O2/c1-18(2)19-9-11-20(12-10-19)26(30,25(5)16-29(6)17-25)21-14-23(28-27-15-21)31-22-8-7-13-24(22,3)4/h9-12,14-15,18,22,30H,7-8,13,16-17H2,1-6H3/t22?,26-/m0/s1. The van der Waals surface area contributed by atoms with Crippen LogP contribution in [0.4, 0.5) is 0 Å². The Hall–Kier alpha value is -1.98. The maximum Gasteiger partial charge on any atom is 0.234 e. The number of hydrogen-bond acceptors (Lipinski definition) is 5. The molecule has 5 nitrogen and oxygen atoms in total. The van der Waals surface area contributed by atoms with Gasteiger partial charge in [-0.1, -0.05) is 58.9 Å². The second-order valence-electron chi connectivity index (χ2n) is 11.0. The highest BCUT2D eigenvalue weighted by molar-refractivity contribution is 5.42. The van der Waals surface area contributed by atoms with Gasteiger partial charge in [0.15, 0.2) is 0 Å². The maximum atomic E-state index is 12.3. The van der Waals surface area contributed by atoms with Crippen LogP contribution in [0.3, 0.4) is 0 Å². The Morgan fingerprint density at radius 2 is 1.81 bits per heavy atom. The van der Waals surface area contributed by atoms with Gasteiger partial charge in [0.2, 0.25) is 5.88 Å². The number of ether oxygens (including phenoxy) is 1. The lowest BCUT2D eigenvalue weighted by molar-refractivity contribution is -0.127. The van der Waals surface area contributed by atoms with Crippen molar-refractivity contribution in [2.45, 2.75) is 71.5 Å². The predicted molar refractivity (Wildman–Crippen MR) is 123 cm³/mol. The first kappa shape index (κ1) is 22.2. The number of likely N-dealkylation sites (tertiary alicyclic amines) is 1. The van der Waals surface area contributed by atoms with Crippen molar-refractivity contribution in [3.63, 3.8) is 0 Å². The monoisotopic (exact) mass is 423 g/mol. The minimum Gasteiger partial charge on any atom is -0.473 e. The minimum absolute atomic E-state index is 0.126. The summed E-state index contributed by atoms with van der Waals surface area (Å²) in [5.74, 6) is 0.955. The molecule has 168 valence electrons. The van der Waals surface area contributed by atoms with E-state index in [2.05, 4.69) is 81.0 Å². The van der Waals surface area contributed by atoms with Crippen molar-refractivity contribution >= 4 is 0 Å². The molecule has 31 heavy (non-hydrogen) atoms. The van der Waals surface area contributed by atoms with Crippen LogP contribution in [0.5, 0.6) is 5.88 Å². The molecular weight excluding hydrogens is 386 g/mol. The molecule has 2 aliphatic rings. The molecule has 0 amide bonds. The largest absolute Gasteiger partial charge is 0.473 e. The lowest BCUT2D eigenvalue weighted by Crippen LogP contribution is -2.63. The van der Waals surface area contributed by atoms with Crippen molar-refractivity contribution in [1.82, 2.24) is 15.1 Å². The van der Waals surface area contributed by atoms with E-state index in [0.29, 0.717) is 11.8 Å². The SMILES string of the molecule is CC(C)c1ccc([C@](O)(c2cnnc(OC3CCCC3(C)C)c2)C2(C)CN(C)C2)cc1. The van der Waals surface area contributed by atoms with Crippen molar-refractivity contribution in [3.8, 4) is 5.88 Å². The first-order chi connectivity index (χ1) is 14.5. The van der Waals surface area contributed by atoms with E-state index in [1.807, 2.05) is 6.07 Å². The Balaban J connectivity index is 1.72. The molecule has 1 saturated heterocycles. The molecule has 0 radical (unpaired) electrons. The van der Waals surface area contributed by atoms with Crippen LogP contribution in [0.1, 0.15) is 76.5 Å². The molecule has 5 heteroatoms. The normalized spacial score (nSPS) is 24.6. The smallest absolute Gasteiger partial charge is 0.234 e. The molecule has 1 N–H and O–H groups in total. The molecule has 2 aromatic rings. The summed E-state index contributed by atoms with van der Waals surface area (Å²) in [4.78, 5) is 2.24. The van der Waals surface area contributed by atoms with Gasteiger partial charge in [-0.3, -0.25) is 0 Å². The van der Waals surface area contributed by atoms with Gasteiger partial charge >= 0.3 is 0 Å². The highest BCUT2D eigenvalue weighted by Gasteiger charge is 2.55. The number of aromatic nitrogens is 2. The molecule has 4 rings (SSSR count). The van der Waals surface area contributed by atoms with Gasteiger partial charge < -0.3 is 14.7 Å². The predicted octanol–water partition coefficient (Wildman–Crippen LogP) is 4.75. The maximum absolute atomic E-state index is 12.3. The Morgan fingerprint density at radius 1 is 1.13 bits per heavy atom. The highest BCUT2D eigenvalue weighted by atomic mass is 16.5. The summed E-state index contributed by atoms with van der Waals surface area (Å²) in [5, 5.41) is 20.8. The van der Waals surface area contributed by atoms with Crippen LogP contribution >= 0.6 is 0 Å². The molecule has 2 heterocycles. The molecule has 2 atom stereocenters. The van der Waals surface area contributed by atoms with Gasteiger partial charge in [0, 0.05) is 35.5 Å². The lowest BCUT2D eigenvalue weighted by Gasteiger charge is -2.55. The average Bonchev–Trinajstić information content (AvgIpc) is 3.04. The zero-order chi connectivity index (χ0) is 22.4. The Morgan fingerprint density at radius 3 is 2.35 bits per heavy atom. The van der Waals surface area contributed by atoms with Crippen LogP contribution in [0, 0.1) is 10.8 Å². The fourth-order valence-corrected chi connectivity index (χ4v) is 5.61. The van der Waals surface area contributed by atoms with Crippen LogP contribution < -0.4 is 4.74 Å². The molecule has 2 fully saturated rings. The molecular formula is C26H37N3O2. The van der Waals surface area contributed by atoms with Gasteiger partial charge in [-0.2, -0.15) is 5.10 Å². The Labute approximate surface area is 186 Å². The second-order valence-corrected chi connectivity index (χ2v) is 11.0. The Kier molecular flexibility index (Phi) is 5.63. The minimum atomic E-state index is -1.17. The average molecular weight is 424 g/mol. The lowest BCUT2D eigenvalue weighted by atomic mass is 9.62. The van der Waals surface area contributed by atoms with E-state index >= 15 is 0 Å². The summed E-state index contributed by atoms with van der Waals surface area (Å²) < 4.78 is 6.30. The summed E-state index contributed by atoms with van der Waals surface area (Å²) >= 11 is 0. The zero-order valence-electron chi connectivity index (χ0n) is 19.9. The van der Waals surface area contributed by atoms with Crippen molar-refractivity contribution < 1.29 is 9.84 Å². The van der Waals surface area contributed by atoms with Crippen LogP contribution in [0.2, 0.25) is 0 Å². The van der Waals surface area contributed by atoms with Crippen LogP contribution in [0.25, 0.3) is 0 Å². The van der Waals surface area contributed by atoms with Crippen LogP contribution in [0.15, 0.2) is 36.5 Å². The third kappa shape index (κ3) is 3.87. The third-order valence-electron chi connectivity index (χ3n) is 7.58. The van der Waals surface area contributed by atoms with Gasteiger partial charge in [0.1, 0.15) is 11.7 Å². The van der Waals surface area contributed by atoms with Gasteiger partial charge in [-0.05, 0) is 43.4 Å². The van der Waals surface area contributed by atoms with Gasteiger partial charge in [-0.15, -0.1) is 5.10 Å². The van der Waals surface area contributed by atoms with Crippen molar-refractivity contribution in [2.24, 2.45) is 10.8 Å². The van der Waals surface area contributed by atoms with Crippen molar-refractivity contribution in [3.05, 3.63) is 53.2 Å². The van der Waals surface area contributed by atoms with E-state index in [9.17, 15) is 5.11 Å². The molecule has 1 aliphatic heterocycles. The topological polar surface area (TPSA) is 58.5 Å². The fourth-order valence-electron chi connectivity index (χ4n) is 5.61. The molecule has 1 aromatic heterocycles. The summed E-state index contributed by atoms with van der Waals surface area (Å²) in [6.45, 7) is 12.6. The quantitative estimate of drug-likeness (QED) is 0.727. The molecule has 0 spiro atoms. The van der Waals surface area contributed by atoms with E-state index in [-0.39, 0.29) is 16.9 Å². The van der Waals surface area contributed by atoms with E-state index in [0.717, 1.165) is 37.1 Å². The summed E-state index contributed by atoms with van der Waals surface area (Å²) in [6, 6.07) is 10.3. The van der Waals surface area contributed by atoms with E-state index < -0.39 is 5.60 Å². The van der Waals surface area contributed by atoms with E-state index in [1.165, 1.54) is 12.0 Å². The van der Waals surface area contributed by atoms with Gasteiger partial charge in [0.25, 0.3) is 0 Å². The van der Waals surface area contributed by atoms with E-state index in [1.54, 1.807) is 6.20 Å². The third-order valence-corrected chi connectivity index (χ3v) is 7.58. The molecule has 0 bridgehead atoms. The summed E-state index contributed by atoms with van der Waals surface area (Å²) in [5.41, 5.74) is 1.54. The highest BCUT2D eigenvalue weighted by Crippen LogP contribution is 2.50. The Bertz CT molecular complexity index is 919. The van der Waals surface area contributed by atoms with Crippen molar-refractivity contribution in [2.75, 3.05) is 20.1 Å². The van der Waals surface area contributed by atoms with Gasteiger partial charge in [-0.25, -0.2) is 0 Å². The molecule has 1 unspecified atom stereocenters. The number of benzene rings is 1. The van der Waals surface area contributed by atoms with Crippen LogP contribution in [-0.2, 0) is 5.60 Å². The van der Waals surface area contributed by atoms with Gasteiger partial charge in [0.05, 0.1) is 6.20 Å². The van der Waals surface area contributed by atoms with E-state index in [4.69, 9.17) is 4.74 Å². The first-order valence-electron chi connectivity index (χ1n) is 11.6. The number of rotatable bonds is 6. The number of hydrogen-bond donors (Lipinski definition) is 1. The van der Waals surface area contributed by atoms with Crippen molar-refractivity contribution in [1.29, 1.82) is 0 Å². The number of nitrogens with zero attached hydrogens (tertiary/aromatic N) is 3. The zero-order valence-corrected chi connectivity index (χ0v) is 19.9. The molecule has 1 saturated carbocycles. The van der Waals surface area contributed by atoms with Crippen LogP contribution in [-0.4, -0.2) is 46.4 Å². The second kappa shape index (κ2) is 7.86. The summed E-state index contributed by atoms with van der Waals surface area (Å²) in [7, 11) is 2.09. The summed E-state index contributed by atoms with van der Waals surface area (Å²) in [6.07, 6.45) is 5.18. The molecule has 1 aromatic carbocycles.